The molecule has 1 unspecified atom stereocenters. The van der Waals surface area contributed by atoms with Crippen LogP contribution in [-0.2, 0) is 18.0 Å². The summed E-state index contributed by atoms with van der Waals surface area (Å²) < 4.78 is 58.3. The van der Waals surface area contributed by atoms with Crippen molar-refractivity contribution in [2.75, 3.05) is 0 Å². The Balaban J connectivity index is 1.66. The number of ether oxygens (including phenoxy) is 1. The first-order valence-electron chi connectivity index (χ1n) is 10.0. The SMILES string of the molecule is C=CC(C)(CCCc1ccc(F)c(Oc2ccccc2)c1)c1ccc(C(F)(F)F)cc1. The number of alkyl halides is 3. The second-order valence-electron chi connectivity index (χ2n) is 7.73. The van der Waals surface area contributed by atoms with E-state index >= 15 is 0 Å². The molecular weight excluding hydrogens is 404 g/mol. The van der Waals surface area contributed by atoms with Crippen LogP contribution >= 0.6 is 0 Å². The largest absolute Gasteiger partial charge is 0.454 e. The van der Waals surface area contributed by atoms with Gasteiger partial charge in [-0.3, -0.25) is 0 Å². The minimum atomic E-state index is -4.36. The number of hydrogen-bond acceptors (Lipinski definition) is 1. The average Bonchev–Trinajstić information content (AvgIpc) is 2.76. The number of allylic oxidation sites excluding steroid dienone is 1. The Bertz CT molecular complexity index is 1010. The fourth-order valence-corrected chi connectivity index (χ4v) is 3.46. The van der Waals surface area contributed by atoms with Gasteiger partial charge in [-0.1, -0.05) is 49.4 Å². The zero-order valence-electron chi connectivity index (χ0n) is 17.3. The van der Waals surface area contributed by atoms with Crippen molar-refractivity contribution in [2.24, 2.45) is 0 Å². The maximum absolute atomic E-state index is 14.1. The van der Waals surface area contributed by atoms with E-state index in [-0.39, 0.29) is 5.75 Å². The molecule has 0 N–H and O–H groups in total. The molecule has 0 saturated carbocycles. The van der Waals surface area contributed by atoms with Crippen LogP contribution in [0.2, 0.25) is 0 Å². The van der Waals surface area contributed by atoms with Crippen molar-refractivity contribution in [1.29, 1.82) is 0 Å². The van der Waals surface area contributed by atoms with Crippen LogP contribution in [-0.4, -0.2) is 0 Å². The Labute approximate surface area is 180 Å². The minimum absolute atomic E-state index is 0.165. The Morgan fingerprint density at radius 3 is 2.16 bits per heavy atom. The molecule has 0 spiro atoms. The van der Waals surface area contributed by atoms with Gasteiger partial charge in [-0.15, -0.1) is 6.58 Å². The van der Waals surface area contributed by atoms with E-state index in [1.54, 1.807) is 30.3 Å². The molecule has 162 valence electrons. The van der Waals surface area contributed by atoms with Gasteiger partial charge in [0.2, 0.25) is 0 Å². The Kier molecular flexibility index (Phi) is 6.84. The van der Waals surface area contributed by atoms with Gasteiger partial charge in [-0.05, 0) is 66.8 Å². The quantitative estimate of drug-likeness (QED) is 0.260. The third-order valence-electron chi connectivity index (χ3n) is 5.45. The van der Waals surface area contributed by atoms with Gasteiger partial charge < -0.3 is 4.74 Å². The van der Waals surface area contributed by atoms with Crippen molar-refractivity contribution >= 4 is 0 Å². The third-order valence-corrected chi connectivity index (χ3v) is 5.45. The van der Waals surface area contributed by atoms with Crippen LogP contribution in [0.4, 0.5) is 17.6 Å². The zero-order chi connectivity index (χ0) is 22.5. The highest BCUT2D eigenvalue weighted by molar-refractivity contribution is 5.36. The van der Waals surface area contributed by atoms with Crippen LogP contribution in [0.3, 0.4) is 0 Å². The fraction of sp³-hybridized carbons (Fsp3) is 0.231. The molecular formula is C26H24F4O. The lowest BCUT2D eigenvalue weighted by molar-refractivity contribution is -0.137. The highest BCUT2D eigenvalue weighted by Crippen LogP contribution is 2.35. The van der Waals surface area contributed by atoms with Gasteiger partial charge in [0.1, 0.15) is 5.75 Å². The molecule has 0 bridgehead atoms. The Morgan fingerprint density at radius 1 is 0.903 bits per heavy atom. The van der Waals surface area contributed by atoms with E-state index in [9.17, 15) is 17.6 Å². The number of halogens is 4. The van der Waals surface area contributed by atoms with Gasteiger partial charge in [0.05, 0.1) is 5.56 Å². The predicted molar refractivity (Wildman–Crippen MR) is 115 cm³/mol. The van der Waals surface area contributed by atoms with E-state index in [0.717, 1.165) is 29.7 Å². The van der Waals surface area contributed by atoms with E-state index in [1.165, 1.54) is 18.2 Å². The lowest BCUT2D eigenvalue weighted by Crippen LogP contribution is -2.19. The van der Waals surface area contributed by atoms with Crippen LogP contribution in [0, 0.1) is 5.82 Å². The third kappa shape index (κ3) is 5.75. The van der Waals surface area contributed by atoms with Crippen molar-refractivity contribution in [2.45, 2.75) is 37.8 Å². The average molecular weight is 428 g/mol. The second-order valence-corrected chi connectivity index (χ2v) is 7.73. The van der Waals surface area contributed by atoms with Gasteiger partial charge in [0.15, 0.2) is 11.6 Å². The van der Waals surface area contributed by atoms with Gasteiger partial charge in [0.25, 0.3) is 0 Å². The normalized spacial score (nSPS) is 13.5. The summed E-state index contributed by atoms with van der Waals surface area (Å²) in [6.45, 7) is 5.84. The number of para-hydroxylation sites is 1. The number of rotatable bonds is 8. The Hall–Kier alpha value is -3.08. The summed E-state index contributed by atoms with van der Waals surface area (Å²) in [5, 5.41) is 0. The molecule has 3 aromatic carbocycles. The van der Waals surface area contributed by atoms with Crippen molar-refractivity contribution in [3.05, 3.63) is 108 Å². The minimum Gasteiger partial charge on any atom is -0.454 e. The molecule has 0 radical (unpaired) electrons. The molecule has 31 heavy (non-hydrogen) atoms. The second kappa shape index (κ2) is 9.38. The lowest BCUT2D eigenvalue weighted by atomic mass is 9.78. The highest BCUT2D eigenvalue weighted by Gasteiger charge is 2.31. The van der Waals surface area contributed by atoms with Gasteiger partial charge in [0, 0.05) is 5.41 Å². The van der Waals surface area contributed by atoms with Crippen molar-refractivity contribution < 1.29 is 22.3 Å². The van der Waals surface area contributed by atoms with Crippen LogP contribution in [0.25, 0.3) is 0 Å². The molecule has 0 fully saturated rings. The van der Waals surface area contributed by atoms with E-state index < -0.39 is 23.0 Å². The van der Waals surface area contributed by atoms with Crippen LogP contribution < -0.4 is 4.74 Å². The fourth-order valence-electron chi connectivity index (χ4n) is 3.46. The zero-order valence-corrected chi connectivity index (χ0v) is 17.3. The first kappa shape index (κ1) is 22.6. The maximum atomic E-state index is 14.1. The maximum Gasteiger partial charge on any atom is 0.416 e. The number of aryl methyl sites for hydroxylation is 1. The summed E-state index contributed by atoms with van der Waals surface area (Å²) in [4.78, 5) is 0. The lowest BCUT2D eigenvalue weighted by Gasteiger charge is -2.27. The number of hydrogen-bond donors (Lipinski definition) is 0. The molecule has 0 aliphatic heterocycles. The summed E-state index contributed by atoms with van der Waals surface area (Å²) in [6, 6.07) is 19.0. The van der Waals surface area contributed by atoms with Crippen molar-refractivity contribution in [3.63, 3.8) is 0 Å². The molecule has 0 amide bonds. The first-order valence-corrected chi connectivity index (χ1v) is 10.0. The summed E-state index contributed by atoms with van der Waals surface area (Å²) in [5.41, 5.74) is 0.571. The predicted octanol–water partition coefficient (Wildman–Crippen LogP) is 8.10. The topological polar surface area (TPSA) is 9.23 Å². The summed E-state index contributed by atoms with van der Waals surface area (Å²) in [5.74, 6) is 0.284. The van der Waals surface area contributed by atoms with Crippen LogP contribution in [0.1, 0.15) is 36.5 Å². The van der Waals surface area contributed by atoms with Crippen LogP contribution in [0.5, 0.6) is 11.5 Å². The van der Waals surface area contributed by atoms with Crippen molar-refractivity contribution in [1.82, 2.24) is 0 Å². The molecule has 1 atom stereocenters. The molecule has 0 saturated heterocycles. The Morgan fingerprint density at radius 2 is 1.55 bits per heavy atom. The summed E-state index contributed by atoms with van der Waals surface area (Å²) in [7, 11) is 0. The molecule has 3 aromatic rings. The summed E-state index contributed by atoms with van der Waals surface area (Å²) >= 11 is 0. The molecule has 5 heteroatoms. The van der Waals surface area contributed by atoms with Crippen LogP contribution in [0.15, 0.2) is 85.5 Å². The molecule has 3 rings (SSSR count). The first-order chi connectivity index (χ1) is 14.7. The highest BCUT2D eigenvalue weighted by atomic mass is 19.4. The molecule has 0 aliphatic rings. The van der Waals surface area contributed by atoms with E-state index in [4.69, 9.17) is 4.74 Å². The molecule has 0 aliphatic carbocycles. The van der Waals surface area contributed by atoms with Gasteiger partial charge >= 0.3 is 6.18 Å². The van der Waals surface area contributed by atoms with Gasteiger partial charge in [-0.25, -0.2) is 4.39 Å². The van der Waals surface area contributed by atoms with Crippen molar-refractivity contribution in [3.8, 4) is 11.5 Å². The number of benzene rings is 3. The smallest absolute Gasteiger partial charge is 0.416 e. The standard InChI is InChI=1S/C26H24F4O/c1-3-25(2,20-12-14-21(15-13-20)26(28,29)30)17-7-8-19-11-16-23(27)24(18-19)31-22-9-5-4-6-10-22/h3-6,9-16,18H,1,7-8,17H2,2H3. The van der Waals surface area contributed by atoms with E-state index in [2.05, 4.69) is 6.58 Å². The molecule has 0 aromatic heterocycles. The molecule has 0 heterocycles. The van der Waals surface area contributed by atoms with E-state index in [0.29, 0.717) is 18.6 Å². The molecule has 1 nitrogen and oxygen atoms in total. The summed E-state index contributed by atoms with van der Waals surface area (Å²) in [6.07, 6.45) is -0.473. The van der Waals surface area contributed by atoms with Gasteiger partial charge in [-0.2, -0.15) is 13.2 Å². The monoisotopic (exact) mass is 428 g/mol. The van der Waals surface area contributed by atoms with E-state index in [1.807, 2.05) is 25.1 Å².